The third kappa shape index (κ3) is 3.09. The molecule has 1 aromatic rings. The van der Waals surface area contributed by atoms with Crippen molar-refractivity contribution in [1.29, 1.82) is 0 Å². The summed E-state index contributed by atoms with van der Waals surface area (Å²) in [6, 6.07) is 11.5. The Labute approximate surface area is 115 Å². The maximum Gasteiger partial charge on any atom is 0.191 e. The van der Waals surface area contributed by atoms with E-state index in [2.05, 4.69) is 47.9 Å². The van der Waals surface area contributed by atoms with Crippen LogP contribution in [0, 0.1) is 0 Å². The van der Waals surface area contributed by atoms with Gasteiger partial charge in [0.1, 0.15) is 0 Å². The minimum atomic E-state index is 0.313. The quantitative estimate of drug-likeness (QED) is 0.628. The standard InChI is InChI=1S/C16H23N3/c1-2-17-15(19-14-8-9-14)18-12-16(10-11-16)13-6-4-3-5-7-13/h3-7,14H,2,8-12H2,1H3,(H2,17,18,19). The van der Waals surface area contributed by atoms with Crippen LogP contribution in [0.4, 0.5) is 0 Å². The van der Waals surface area contributed by atoms with Crippen LogP contribution < -0.4 is 10.6 Å². The third-order valence-electron chi connectivity index (χ3n) is 4.04. The Morgan fingerprint density at radius 3 is 2.58 bits per heavy atom. The van der Waals surface area contributed by atoms with E-state index < -0.39 is 0 Å². The molecule has 0 amide bonds. The van der Waals surface area contributed by atoms with Gasteiger partial charge in [0.05, 0.1) is 6.54 Å². The van der Waals surface area contributed by atoms with Crippen LogP contribution in [0.25, 0.3) is 0 Å². The molecule has 2 N–H and O–H groups in total. The summed E-state index contributed by atoms with van der Waals surface area (Å²) >= 11 is 0. The fraction of sp³-hybridized carbons (Fsp3) is 0.562. The van der Waals surface area contributed by atoms with E-state index in [4.69, 9.17) is 4.99 Å². The molecule has 0 radical (unpaired) electrons. The van der Waals surface area contributed by atoms with E-state index in [1.807, 2.05) is 0 Å². The first-order chi connectivity index (χ1) is 9.32. The molecule has 2 fully saturated rings. The number of guanidine groups is 1. The van der Waals surface area contributed by atoms with Gasteiger partial charge >= 0.3 is 0 Å². The molecule has 0 spiro atoms. The Bertz CT molecular complexity index is 444. The Morgan fingerprint density at radius 2 is 2.00 bits per heavy atom. The van der Waals surface area contributed by atoms with Gasteiger partial charge in [-0.1, -0.05) is 30.3 Å². The lowest BCUT2D eigenvalue weighted by Crippen LogP contribution is -2.39. The van der Waals surface area contributed by atoms with Gasteiger partial charge in [-0.05, 0) is 38.2 Å². The molecule has 1 aromatic carbocycles. The summed E-state index contributed by atoms with van der Waals surface area (Å²) < 4.78 is 0. The van der Waals surface area contributed by atoms with Gasteiger partial charge in [0, 0.05) is 18.0 Å². The smallest absolute Gasteiger partial charge is 0.191 e. The maximum absolute atomic E-state index is 4.80. The van der Waals surface area contributed by atoms with Gasteiger partial charge in [-0.2, -0.15) is 0 Å². The molecule has 0 bridgehead atoms. The van der Waals surface area contributed by atoms with E-state index in [1.54, 1.807) is 0 Å². The summed E-state index contributed by atoms with van der Waals surface area (Å²) in [4.78, 5) is 4.80. The average molecular weight is 257 g/mol. The SMILES string of the molecule is CCNC(=NCC1(c2ccccc2)CC1)NC1CC1. The first-order valence-corrected chi connectivity index (χ1v) is 7.43. The highest BCUT2D eigenvalue weighted by molar-refractivity contribution is 5.80. The molecule has 2 aliphatic carbocycles. The van der Waals surface area contributed by atoms with E-state index in [0.717, 1.165) is 19.0 Å². The molecule has 3 nitrogen and oxygen atoms in total. The summed E-state index contributed by atoms with van der Waals surface area (Å²) in [6.07, 6.45) is 5.11. The van der Waals surface area contributed by atoms with Gasteiger partial charge in [-0.3, -0.25) is 4.99 Å². The molecule has 0 saturated heterocycles. The number of hydrogen-bond acceptors (Lipinski definition) is 1. The van der Waals surface area contributed by atoms with Crippen LogP contribution in [-0.2, 0) is 5.41 Å². The second kappa shape index (κ2) is 5.24. The number of hydrogen-bond donors (Lipinski definition) is 2. The van der Waals surface area contributed by atoms with E-state index in [1.165, 1.54) is 31.2 Å². The summed E-state index contributed by atoms with van der Waals surface area (Å²) in [5.74, 6) is 0.993. The molecule has 102 valence electrons. The summed E-state index contributed by atoms with van der Waals surface area (Å²) in [5.41, 5.74) is 1.76. The third-order valence-corrected chi connectivity index (χ3v) is 4.04. The zero-order valence-electron chi connectivity index (χ0n) is 11.7. The Morgan fingerprint density at radius 1 is 1.26 bits per heavy atom. The van der Waals surface area contributed by atoms with Gasteiger partial charge in [0.15, 0.2) is 5.96 Å². The normalized spacial score (nSPS) is 21.0. The predicted octanol–water partition coefficient (Wildman–Crippen LogP) is 2.44. The van der Waals surface area contributed by atoms with Crippen LogP contribution in [0.15, 0.2) is 35.3 Å². The highest BCUT2D eigenvalue weighted by Gasteiger charge is 2.44. The molecular formula is C16H23N3. The lowest BCUT2D eigenvalue weighted by Gasteiger charge is -2.15. The van der Waals surface area contributed by atoms with Gasteiger partial charge < -0.3 is 10.6 Å². The van der Waals surface area contributed by atoms with E-state index >= 15 is 0 Å². The fourth-order valence-corrected chi connectivity index (χ4v) is 2.45. The van der Waals surface area contributed by atoms with E-state index in [9.17, 15) is 0 Å². The number of aliphatic imine (C=N–C) groups is 1. The second-order valence-electron chi connectivity index (χ2n) is 5.76. The minimum absolute atomic E-state index is 0.313. The van der Waals surface area contributed by atoms with Crippen molar-refractivity contribution in [2.24, 2.45) is 4.99 Å². The molecule has 19 heavy (non-hydrogen) atoms. The Kier molecular flexibility index (Phi) is 3.45. The van der Waals surface area contributed by atoms with Crippen molar-refractivity contribution in [2.45, 2.75) is 44.1 Å². The van der Waals surface area contributed by atoms with E-state index in [0.29, 0.717) is 11.5 Å². The highest BCUT2D eigenvalue weighted by Crippen LogP contribution is 2.48. The lowest BCUT2D eigenvalue weighted by atomic mass is 9.96. The molecule has 2 aliphatic rings. The van der Waals surface area contributed by atoms with Crippen molar-refractivity contribution in [1.82, 2.24) is 10.6 Å². The van der Waals surface area contributed by atoms with Gasteiger partial charge in [0.25, 0.3) is 0 Å². The van der Waals surface area contributed by atoms with Gasteiger partial charge in [0.2, 0.25) is 0 Å². The van der Waals surface area contributed by atoms with Gasteiger partial charge in [-0.25, -0.2) is 0 Å². The van der Waals surface area contributed by atoms with Crippen molar-refractivity contribution in [3.05, 3.63) is 35.9 Å². The molecular weight excluding hydrogens is 234 g/mol. The maximum atomic E-state index is 4.80. The largest absolute Gasteiger partial charge is 0.357 e. The first-order valence-electron chi connectivity index (χ1n) is 7.43. The molecule has 0 aliphatic heterocycles. The van der Waals surface area contributed by atoms with Crippen molar-refractivity contribution >= 4 is 5.96 Å². The van der Waals surface area contributed by atoms with Crippen LogP contribution in [0.2, 0.25) is 0 Å². The van der Waals surface area contributed by atoms with Crippen molar-refractivity contribution in [3.8, 4) is 0 Å². The Balaban J connectivity index is 1.66. The summed E-state index contributed by atoms with van der Waals surface area (Å²) in [6.45, 7) is 3.95. The molecule has 0 aromatic heterocycles. The van der Waals surface area contributed by atoms with E-state index in [-0.39, 0.29) is 0 Å². The second-order valence-corrected chi connectivity index (χ2v) is 5.76. The van der Waals surface area contributed by atoms with Crippen LogP contribution in [0.5, 0.6) is 0 Å². The van der Waals surface area contributed by atoms with Crippen LogP contribution in [-0.4, -0.2) is 25.1 Å². The average Bonchev–Trinajstić information content (AvgIpc) is 3.34. The number of benzene rings is 1. The number of rotatable bonds is 5. The highest BCUT2D eigenvalue weighted by atomic mass is 15.2. The van der Waals surface area contributed by atoms with Crippen molar-refractivity contribution in [3.63, 3.8) is 0 Å². The van der Waals surface area contributed by atoms with Crippen LogP contribution >= 0.6 is 0 Å². The zero-order valence-corrected chi connectivity index (χ0v) is 11.7. The molecule has 0 unspecified atom stereocenters. The summed E-state index contributed by atoms with van der Waals surface area (Å²) in [7, 11) is 0. The molecule has 2 saturated carbocycles. The lowest BCUT2D eigenvalue weighted by molar-refractivity contribution is 0.692. The fourth-order valence-electron chi connectivity index (χ4n) is 2.45. The first kappa shape index (κ1) is 12.5. The van der Waals surface area contributed by atoms with Crippen molar-refractivity contribution < 1.29 is 0 Å². The zero-order chi connectivity index (χ0) is 13.1. The van der Waals surface area contributed by atoms with Crippen LogP contribution in [0.1, 0.15) is 38.2 Å². The molecule has 3 heteroatoms. The molecule has 0 atom stereocenters. The summed E-state index contributed by atoms with van der Waals surface area (Å²) in [5, 5.41) is 6.83. The number of nitrogens with zero attached hydrogens (tertiary/aromatic N) is 1. The molecule has 0 heterocycles. The minimum Gasteiger partial charge on any atom is -0.357 e. The monoisotopic (exact) mass is 257 g/mol. The topological polar surface area (TPSA) is 36.4 Å². The van der Waals surface area contributed by atoms with Gasteiger partial charge in [-0.15, -0.1) is 0 Å². The predicted molar refractivity (Wildman–Crippen MR) is 79.5 cm³/mol. The van der Waals surface area contributed by atoms with Crippen molar-refractivity contribution in [2.75, 3.05) is 13.1 Å². The Hall–Kier alpha value is -1.51. The molecule has 3 rings (SSSR count). The number of nitrogens with one attached hydrogen (secondary N) is 2. The van der Waals surface area contributed by atoms with Crippen LogP contribution in [0.3, 0.4) is 0 Å².